The Balaban J connectivity index is 2.66. The number of hydrogen-bond acceptors (Lipinski definition) is 6. The molecular weight excluding hydrogens is 232 g/mol. The molecule has 1 aromatic heterocycles. The predicted octanol–water partition coefficient (Wildman–Crippen LogP) is 0.429. The lowest BCUT2D eigenvalue weighted by Gasteiger charge is -2.17. The van der Waals surface area contributed by atoms with Gasteiger partial charge in [-0.2, -0.15) is 15.0 Å². The maximum absolute atomic E-state index is 10.6. The minimum absolute atomic E-state index is 0.187. The van der Waals surface area contributed by atoms with E-state index in [0.29, 0.717) is 31.2 Å². The Morgan fingerprint density at radius 2 is 1.94 bits per heavy atom. The van der Waals surface area contributed by atoms with Crippen molar-refractivity contribution in [1.29, 1.82) is 0 Å². The van der Waals surface area contributed by atoms with Gasteiger partial charge in [-0.05, 0) is 6.42 Å². The number of nitrogen functional groups attached to an aromatic ring is 1. The van der Waals surface area contributed by atoms with Crippen LogP contribution in [0.4, 0.5) is 11.9 Å². The predicted molar refractivity (Wildman–Crippen MR) is 69.9 cm³/mol. The number of hydrogen-bond donors (Lipinski definition) is 3. The largest absolute Gasteiger partial charge is 0.370 e. The van der Waals surface area contributed by atoms with Gasteiger partial charge in [-0.25, -0.2) is 0 Å². The molecule has 7 nitrogen and oxygen atoms in total. The maximum atomic E-state index is 10.6. The van der Waals surface area contributed by atoms with Gasteiger partial charge in [-0.1, -0.05) is 20.8 Å². The van der Waals surface area contributed by atoms with E-state index in [0.717, 1.165) is 0 Å². The van der Waals surface area contributed by atoms with Crippen LogP contribution in [0.2, 0.25) is 0 Å². The molecule has 1 amide bonds. The Labute approximate surface area is 106 Å². The van der Waals surface area contributed by atoms with Crippen LogP contribution in [-0.2, 0) is 10.2 Å². The van der Waals surface area contributed by atoms with Gasteiger partial charge in [0.25, 0.3) is 0 Å². The van der Waals surface area contributed by atoms with Crippen molar-refractivity contribution in [2.75, 3.05) is 17.6 Å². The molecule has 1 heterocycles. The molecule has 0 aliphatic rings. The standard InChI is InChI=1S/C11H20N6O/c1-11(2,3)8-15-9(13)17-10(16-8)14-6-4-5-7(12)18/h4-6H2,1-3H3,(H2,12,18)(H3,13,14,15,16,17). The van der Waals surface area contributed by atoms with Crippen molar-refractivity contribution >= 4 is 17.8 Å². The van der Waals surface area contributed by atoms with Crippen LogP contribution in [0.3, 0.4) is 0 Å². The number of carbonyl (C=O) groups excluding carboxylic acids is 1. The highest BCUT2D eigenvalue weighted by molar-refractivity contribution is 5.73. The summed E-state index contributed by atoms with van der Waals surface area (Å²) >= 11 is 0. The van der Waals surface area contributed by atoms with Crippen LogP contribution in [0.5, 0.6) is 0 Å². The van der Waals surface area contributed by atoms with Gasteiger partial charge in [0.15, 0.2) is 0 Å². The van der Waals surface area contributed by atoms with Crippen molar-refractivity contribution in [2.24, 2.45) is 5.73 Å². The molecule has 1 aromatic rings. The van der Waals surface area contributed by atoms with Crippen LogP contribution in [-0.4, -0.2) is 27.4 Å². The lowest BCUT2D eigenvalue weighted by Crippen LogP contribution is -2.20. The number of carbonyl (C=O) groups is 1. The summed E-state index contributed by atoms with van der Waals surface area (Å²) in [4.78, 5) is 23.0. The topological polar surface area (TPSA) is 120 Å². The van der Waals surface area contributed by atoms with E-state index in [1.807, 2.05) is 20.8 Å². The smallest absolute Gasteiger partial charge is 0.227 e. The summed E-state index contributed by atoms with van der Waals surface area (Å²) < 4.78 is 0. The van der Waals surface area contributed by atoms with Crippen molar-refractivity contribution in [3.63, 3.8) is 0 Å². The van der Waals surface area contributed by atoms with Gasteiger partial charge in [0.1, 0.15) is 5.82 Å². The van der Waals surface area contributed by atoms with E-state index in [2.05, 4.69) is 20.3 Å². The third-order valence-corrected chi connectivity index (χ3v) is 2.21. The van der Waals surface area contributed by atoms with Crippen LogP contribution in [0.25, 0.3) is 0 Å². The maximum Gasteiger partial charge on any atom is 0.227 e. The highest BCUT2D eigenvalue weighted by atomic mass is 16.1. The van der Waals surface area contributed by atoms with Gasteiger partial charge in [-0.3, -0.25) is 4.79 Å². The molecule has 7 heteroatoms. The fourth-order valence-electron chi connectivity index (χ4n) is 1.27. The van der Waals surface area contributed by atoms with Crippen molar-refractivity contribution in [1.82, 2.24) is 15.0 Å². The Morgan fingerprint density at radius 1 is 1.28 bits per heavy atom. The summed E-state index contributed by atoms with van der Waals surface area (Å²) in [6.07, 6.45) is 0.964. The van der Waals surface area contributed by atoms with E-state index in [1.54, 1.807) is 0 Å². The monoisotopic (exact) mass is 252 g/mol. The second-order valence-electron chi connectivity index (χ2n) is 5.09. The molecule has 0 unspecified atom stereocenters. The normalized spacial score (nSPS) is 11.3. The van der Waals surface area contributed by atoms with Crippen LogP contribution in [0.15, 0.2) is 0 Å². The Bertz CT molecular complexity index is 426. The molecule has 1 rings (SSSR count). The van der Waals surface area contributed by atoms with E-state index in [4.69, 9.17) is 11.5 Å². The number of primary amides is 1. The molecule has 5 N–H and O–H groups in total. The molecule has 0 saturated heterocycles. The zero-order chi connectivity index (χ0) is 13.8. The molecule has 18 heavy (non-hydrogen) atoms. The van der Waals surface area contributed by atoms with Gasteiger partial charge in [-0.15, -0.1) is 0 Å². The van der Waals surface area contributed by atoms with Crippen molar-refractivity contribution < 1.29 is 4.79 Å². The fraction of sp³-hybridized carbons (Fsp3) is 0.636. The zero-order valence-electron chi connectivity index (χ0n) is 11.0. The summed E-state index contributed by atoms with van der Waals surface area (Å²) in [5, 5.41) is 3.00. The lowest BCUT2D eigenvalue weighted by molar-refractivity contribution is -0.118. The molecule has 0 aliphatic heterocycles. The summed E-state index contributed by atoms with van der Waals surface area (Å²) in [5.41, 5.74) is 10.5. The molecule has 0 spiro atoms. The molecule has 0 saturated carbocycles. The summed E-state index contributed by atoms with van der Waals surface area (Å²) in [6.45, 7) is 6.56. The summed E-state index contributed by atoms with van der Waals surface area (Å²) in [5.74, 6) is 0.930. The third kappa shape index (κ3) is 4.52. The first-order valence-corrected chi connectivity index (χ1v) is 5.83. The number of amides is 1. The first-order chi connectivity index (χ1) is 8.29. The van der Waals surface area contributed by atoms with Gasteiger partial charge in [0.05, 0.1) is 0 Å². The SMILES string of the molecule is CC(C)(C)c1nc(N)nc(NCCCC(N)=O)n1. The van der Waals surface area contributed by atoms with E-state index in [-0.39, 0.29) is 17.3 Å². The number of nitrogens with one attached hydrogen (secondary N) is 1. The van der Waals surface area contributed by atoms with Crippen molar-refractivity contribution in [2.45, 2.75) is 39.0 Å². The number of nitrogens with two attached hydrogens (primary N) is 2. The number of nitrogens with zero attached hydrogens (tertiary/aromatic N) is 3. The molecule has 0 radical (unpaired) electrons. The first kappa shape index (κ1) is 14.1. The minimum Gasteiger partial charge on any atom is -0.370 e. The quantitative estimate of drug-likeness (QED) is 0.653. The summed E-state index contributed by atoms with van der Waals surface area (Å²) in [6, 6.07) is 0. The number of anilines is 2. The molecule has 0 bridgehead atoms. The fourth-order valence-corrected chi connectivity index (χ4v) is 1.27. The van der Waals surface area contributed by atoms with Crippen LogP contribution < -0.4 is 16.8 Å². The van der Waals surface area contributed by atoms with E-state index < -0.39 is 0 Å². The summed E-state index contributed by atoms with van der Waals surface area (Å²) in [7, 11) is 0. The van der Waals surface area contributed by atoms with Gasteiger partial charge in [0, 0.05) is 18.4 Å². The second-order valence-corrected chi connectivity index (χ2v) is 5.09. The van der Waals surface area contributed by atoms with E-state index in [1.165, 1.54) is 0 Å². The first-order valence-electron chi connectivity index (χ1n) is 5.83. The molecule has 0 aliphatic carbocycles. The van der Waals surface area contributed by atoms with Crippen LogP contribution >= 0.6 is 0 Å². The lowest BCUT2D eigenvalue weighted by atomic mass is 9.96. The Kier molecular flexibility index (Phi) is 4.41. The van der Waals surface area contributed by atoms with E-state index in [9.17, 15) is 4.79 Å². The second kappa shape index (κ2) is 5.61. The molecule has 0 atom stereocenters. The molecular formula is C11H20N6O. The van der Waals surface area contributed by atoms with Crippen LogP contribution in [0.1, 0.15) is 39.4 Å². The van der Waals surface area contributed by atoms with Gasteiger partial charge < -0.3 is 16.8 Å². The minimum atomic E-state index is -0.317. The average Bonchev–Trinajstić information content (AvgIpc) is 2.22. The Hall–Kier alpha value is -1.92. The molecule has 0 fully saturated rings. The zero-order valence-corrected chi connectivity index (χ0v) is 11.0. The highest BCUT2D eigenvalue weighted by Crippen LogP contribution is 2.19. The molecule has 0 aromatic carbocycles. The van der Waals surface area contributed by atoms with Gasteiger partial charge >= 0.3 is 0 Å². The van der Waals surface area contributed by atoms with Crippen LogP contribution in [0, 0.1) is 0 Å². The molecule has 100 valence electrons. The highest BCUT2D eigenvalue weighted by Gasteiger charge is 2.19. The van der Waals surface area contributed by atoms with Gasteiger partial charge in [0.2, 0.25) is 17.8 Å². The Morgan fingerprint density at radius 3 is 2.50 bits per heavy atom. The average molecular weight is 252 g/mol. The third-order valence-electron chi connectivity index (χ3n) is 2.21. The van der Waals surface area contributed by atoms with E-state index >= 15 is 0 Å². The number of rotatable bonds is 5. The van der Waals surface area contributed by atoms with Crippen molar-refractivity contribution in [3.8, 4) is 0 Å². The van der Waals surface area contributed by atoms with Crippen molar-refractivity contribution in [3.05, 3.63) is 5.82 Å². The number of aromatic nitrogens is 3.